The van der Waals surface area contributed by atoms with Crippen LogP contribution in [0.1, 0.15) is 38.7 Å². The molecular weight excluding hydrogens is 408 g/mol. The molecule has 1 atom stereocenters. The van der Waals surface area contributed by atoms with Crippen molar-refractivity contribution in [2.45, 2.75) is 45.3 Å². The van der Waals surface area contributed by atoms with Crippen LogP contribution in [0.3, 0.4) is 0 Å². The van der Waals surface area contributed by atoms with Gasteiger partial charge in [0.25, 0.3) is 5.91 Å². The Morgan fingerprint density at radius 2 is 2.03 bits per heavy atom. The van der Waals surface area contributed by atoms with Gasteiger partial charge in [0, 0.05) is 50.5 Å². The molecule has 9 nitrogen and oxygen atoms in total. The highest BCUT2D eigenvalue weighted by Gasteiger charge is 2.31. The lowest BCUT2D eigenvalue weighted by atomic mass is 10.00. The number of rotatable bonds is 5. The molecule has 1 aromatic rings. The van der Waals surface area contributed by atoms with Crippen molar-refractivity contribution in [2.24, 2.45) is 9.98 Å². The molecule has 0 aromatic heterocycles. The van der Waals surface area contributed by atoms with Crippen molar-refractivity contribution < 1.29 is 14.3 Å². The van der Waals surface area contributed by atoms with Crippen molar-refractivity contribution >= 4 is 28.9 Å². The van der Waals surface area contributed by atoms with Gasteiger partial charge < -0.3 is 25.0 Å². The number of nitrogens with two attached hydrogens (primary N) is 1. The van der Waals surface area contributed by atoms with Gasteiger partial charge in [-0.2, -0.15) is 0 Å². The Labute approximate surface area is 188 Å². The van der Waals surface area contributed by atoms with Crippen LogP contribution < -0.4 is 10.5 Å². The molecule has 9 heteroatoms. The molecule has 172 valence electrons. The topological polar surface area (TPSA) is 117 Å². The first-order valence-electron chi connectivity index (χ1n) is 11.3. The molecule has 0 spiro atoms. The number of amidine groups is 1. The van der Waals surface area contributed by atoms with Crippen LogP contribution in [0.5, 0.6) is 5.75 Å². The van der Waals surface area contributed by atoms with E-state index in [9.17, 15) is 4.79 Å². The van der Waals surface area contributed by atoms with Crippen molar-refractivity contribution in [3.63, 3.8) is 0 Å². The molecule has 0 radical (unpaired) electrons. The summed E-state index contributed by atoms with van der Waals surface area (Å²) in [6, 6.07) is 5.39. The highest BCUT2D eigenvalue weighted by molar-refractivity contribution is 6.50. The van der Waals surface area contributed by atoms with E-state index in [2.05, 4.69) is 14.9 Å². The van der Waals surface area contributed by atoms with E-state index < -0.39 is 0 Å². The van der Waals surface area contributed by atoms with E-state index in [1.54, 1.807) is 12.1 Å². The summed E-state index contributed by atoms with van der Waals surface area (Å²) in [4.78, 5) is 25.7. The number of benzene rings is 1. The molecule has 3 N–H and O–H groups in total. The van der Waals surface area contributed by atoms with Gasteiger partial charge in [-0.05, 0) is 44.9 Å². The molecule has 1 unspecified atom stereocenters. The lowest BCUT2D eigenvalue weighted by molar-refractivity contribution is -0.142. The molecule has 3 aliphatic rings. The first-order valence-corrected chi connectivity index (χ1v) is 11.3. The maximum Gasteiger partial charge on any atom is 0.251 e. The monoisotopic (exact) mass is 440 g/mol. The van der Waals surface area contributed by atoms with Gasteiger partial charge >= 0.3 is 0 Å². The number of carbonyl (C=O) groups excluding carboxylic acids is 1. The van der Waals surface area contributed by atoms with E-state index in [-0.39, 0.29) is 18.1 Å². The molecule has 0 aliphatic carbocycles. The maximum absolute atomic E-state index is 12.6. The van der Waals surface area contributed by atoms with Gasteiger partial charge in [0.05, 0.1) is 17.5 Å². The summed E-state index contributed by atoms with van der Waals surface area (Å²) in [7, 11) is 0. The summed E-state index contributed by atoms with van der Waals surface area (Å²) in [6.07, 6.45) is 2.02. The SMILES string of the molecule is CC(C)Oc1ccc(N)c(C(=N)C2=NCN=C(N3CCN(C(=O)C4CCCO4)CC3)C2)c1. The quantitative estimate of drug-likeness (QED) is 0.536. The first kappa shape index (κ1) is 22.3. The number of carbonyl (C=O) groups is 1. The van der Waals surface area contributed by atoms with Gasteiger partial charge in [0.15, 0.2) is 0 Å². The number of amides is 1. The third-order valence-corrected chi connectivity index (χ3v) is 5.96. The maximum atomic E-state index is 12.6. The third kappa shape index (κ3) is 4.93. The minimum Gasteiger partial charge on any atom is -0.491 e. The van der Waals surface area contributed by atoms with Gasteiger partial charge in [0.1, 0.15) is 24.4 Å². The van der Waals surface area contributed by atoms with Gasteiger partial charge in [-0.1, -0.05) is 0 Å². The average Bonchev–Trinajstić information content (AvgIpc) is 3.34. The zero-order chi connectivity index (χ0) is 22.7. The van der Waals surface area contributed by atoms with Crippen molar-refractivity contribution in [2.75, 3.05) is 45.2 Å². The molecule has 4 rings (SSSR count). The zero-order valence-corrected chi connectivity index (χ0v) is 18.8. The smallest absolute Gasteiger partial charge is 0.251 e. The van der Waals surface area contributed by atoms with E-state index in [0.29, 0.717) is 61.2 Å². The Morgan fingerprint density at radius 1 is 1.25 bits per heavy atom. The van der Waals surface area contributed by atoms with Crippen LogP contribution >= 0.6 is 0 Å². The fourth-order valence-electron chi connectivity index (χ4n) is 4.26. The second-order valence-electron chi connectivity index (χ2n) is 8.60. The molecule has 2 fully saturated rings. The minimum absolute atomic E-state index is 0.0391. The molecular formula is C23H32N6O3. The largest absolute Gasteiger partial charge is 0.491 e. The van der Waals surface area contributed by atoms with Crippen LogP contribution in [0.15, 0.2) is 28.2 Å². The molecule has 2 saturated heterocycles. The van der Waals surface area contributed by atoms with E-state index in [1.165, 1.54) is 0 Å². The first-order chi connectivity index (χ1) is 15.4. The highest BCUT2D eigenvalue weighted by Crippen LogP contribution is 2.23. The third-order valence-electron chi connectivity index (χ3n) is 5.96. The summed E-state index contributed by atoms with van der Waals surface area (Å²) < 4.78 is 11.3. The van der Waals surface area contributed by atoms with Crippen LogP contribution in [0.25, 0.3) is 0 Å². The van der Waals surface area contributed by atoms with E-state index in [4.69, 9.17) is 20.6 Å². The second-order valence-corrected chi connectivity index (χ2v) is 8.60. The van der Waals surface area contributed by atoms with Gasteiger partial charge in [-0.15, -0.1) is 0 Å². The van der Waals surface area contributed by atoms with Gasteiger partial charge in [-0.25, -0.2) is 4.99 Å². The Hall–Kier alpha value is -2.94. The average molecular weight is 441 g/mol. The number of nitrogens with one attached hydrogen (secondary N) is 1. The summed E-state index contributed by atoms with van der Waals surface area (Å²) in [5.74, 6) is 1.71. The van der Waals surface area contributed by atoms with Gasteiger partial charge in [0.2, 0.25) is 0 Å². The molecule has 3 aliphatic heterocycles. The Morgan fingerprint density at radius 3 is 2.72 bits per heavy atom. The normalized spacial score (nSPS) is 21.4. The van der Waals surface area contributed by atoms with Gasteiger partial charge in [-0.3, -0.25) is 15.2 Å². The van der Waals surface area contributed by atoms with Crippen LogP contribution in [-0.2, 0) is 9.53 Å². The number of ether oxygens (including phenoxy) is 2. The van der Waals surface area contributed by atoms with E-state index in [1.807, 2.05) is 24.8 Å². The fourth-order valence-corrected chi connectivity index (χ4v) is 4.26. The van der Waals surface area contributed by atoms with Crippen LogP contribution in [-0.4, -0.2) is 84.6 Å². The number of hydrogen-bond acceptors (Lipinski definition) is 8. The molecule has 32 heavy (non-hydrogen) atoms. The fraction of sp³-hybridized carbons (Fsp3) is 0.565. The molecule has 1 aromatic carbocycles. The predicted molar refractivity (Wildman–Crippen MR) is 125 cm³/mol. The minimum atomic E-state index is -0.270. The van der Waals surface area contributed by atoms with Crippen LogP contribution in [0, 0.1) is 5.41 Å². The number of aliphatic imine (C=N–C) groups is 2. The summed E-state index contributed by atoms with van der Waals surface area (Å²) >= 11 is 0. The number of hydrogen-bond donors (Lipinski definition) is 2. The lowest BCUT2D eigenvalue weighted by Crippen LogP contribution is -2.53. The summed E-state index contributed by atoms with van der Waals surface area (Å²) in [5.41, 5.74) is 8.28. The van der Waals surface area contributed by atoms with Crippen LogP contribution in [0.4, 0.5) is 5.69 Å². The molecule has 0 saturated carbocycles. The number of piperazine rings is 1. The lowest BCUT2D eigenvalue weighted by Gasteiger charge is -2.38. The number of nitrogen functional groups attached to an aromatic ring is 1. The Bertz CT molecular complexity index is 928. The molecule has 3 heterocycles. The predicted octanol–water partition coefficient (Wildman–Crippen LogP) is 1.95. The highest BCUT2D eigenvalue weighted by atomic mass is 16.5. The number of anilines is 1. The van der Waals surface area contributed by atoms with Crippen molar-refractivity contribution in [3.8, 4) is 5.75 Å². The van der Waals surface area contributed by atoms with E-state index >= 15 is 0 Å². The van der Waals surface area contributed by atoms with Crippen molar-refractivity contribution in [1.29, 1.82) is 5.41 Å². The van der Waals surface area contributed by atoms with Crippen molar-refractivity contribution in [3.05, 3.63) is 23.8 Å². The second kappa shape index (κ2) is 9.68. The Kier molecular flexibility index (Phi) is 6.74. The zero-order valence-electron chi connectivity index (χ0n) is 18.8. The van der Waals surface area contributed by atoms with Crippen molar-refractivity contribution in [1.82, 2.24) is 9.80 Å². The van der Waals surface area contributed by atoms with Crippen LogP contribution in [0.2, 0.25) is 0 Å². The molecule has 1 amide bonds. The summed E-state index contributed by atoms with van der Waals surface area (Å²) in [5, 5.41) is 8.73. The number of nitrogens with zero attached hydrogens (tertiary/aromatic N) is 4. The molecule has 0 bridgehead atoms. The standard InChI is InChI=1S/C23H32N6O3/c1-15(2)32-16-5-6-18(24)17(12-16)22(25)19-13-21(27-14-26-19)28-7-9-29(10-8-28)23(30)20-4-3-11-31-20/h5-6,12,15,20,25H,3-4,7-11,13-14,24H2,1-2H3. The summed E-state index contributed by atoms with van der Waals surface area (Å²) in [6.45, 7) is 7.65. The van der Waals surface area contributed by atoms with E-state index in [0.717, 1.165) is 31.8 Å². The Balaban J connectivity index is 1.37.